The third-order valence-electron chi connectivity index (χ3n) is 4.21. The van der Waals surface area contributed by atoms with Crippen molar-refractivity contribution in [2.24, 2.45) is 0 Å². The van der Waals surface area contributed by atoms with Gasteiger partial charge in [0.05, 0.1) is 5.56 Å². The van der Waals surface area contributed by atoms with Crippen molar-refractivity contribution in [3.8, 4) is 11.8 Å². The fraction of sp³-hybridized carbons (Fsp3) is 0.556. The van der Waals surface area contributed by atoms with Crippen LogP contribution in [0.2, 0.25) is 0 Å². The summed E-state index contributed by atoms with van der Waals surface area (Å²) < 4.78 is 13.6. The first kappa shape index (κ1) is 16.0. The summed E-state index contributed by atoms with van der Waals surface area (Å²) in [5.41, 5.74) is 1.45. The van der Waals surface area contributed by atoms with Crippen molar-refractivity contribution >= 4 is 0 Å². The largest absolute Gasteiger partial charge is 0.384 e. The SMILES string of the molecule is CN(Cc1ccc(F)c(C#CCO)c1)C1CCCCCC1. The molecule has 2 rings (SSSR count). The lowest BCUT2D eigenvalue weighted by Crippen LogP contribution is -2.30. The van der Waals surface area contributed by atoms with E-state index in [1.165, 1.54) is 44.6 Å². The monoisotopic (exact) mass is 289 g/mol. The van der Waals surface area contributed by atoms with Gasteiger partial charge >= 0.3 is 0 Å². The van der Waals surface area contributed by atoms with Gasteiger partial charge in [0.2, 0.25) is 0 Å². The van der Waals surface area contributed by atoms with E-state index in [4.69, 9.17) is 5.11 Å². The molecule has 1 aromatic rings. The number of halogens is 1. The molecule has 0 aromatic heterocycles. The van der Waals surface area contributed by atoms with Gasteiger partial charge in [0.25, 0.3) is 0 Å². The van der Waals surface area contributed by atoms with Gasteiger partial charge in [-0.25, -0.2) is 4.39 Å². The summed E-state index contributed by atoms with van der Waals surface area (Å²) in [6.07, 6.45) is 7.84. The zero-order valence-electron chi connectivity index (χ0n) is 12.7. The van der Waals surface area contributed by atoms with Gasteiger partial charge in [-0.1, -0.05) is 43.6 Å². The molecule has 3 heteroatoms. The van der Waals surface area contributed by atoms with Crippen molar-refractivity contribution in [2.75, 3.05) is 13.7 Å². The molecule has 1 N–H and O–H groups in total. The fourth-order valence-electron chi connectivity index (χ4n) is 3.02. The molecule has 0 heterocycles. The van der Waals surface area contributed by atoms with Gasteiger partial charge in [0.1, 0.15) is 12.4 Å². The van der Waals surface area contributed by atoms with E-state index in [2.05, 4.69) is 23.8 Å². The fourth-order valence-corrected chi connectivity index (χ4v) is 3.02. The molecule has 1 fully saturated rings. The second kappa shape index (κ2) is 8.17. The third-order valence-corrected chi connectivity index (χ3v) is 4.21. The minimum absolute atomic E-state index is 0.244. The number of hydrogen-bond acceptors (Lipinski definition) is 2. The number of benzene rings is 1. The Morgan fingerprint density at radius 1 is 1.24 bits per heavy atom. The highest BCUT2D eigenvalue weighted by Gasteiger charge is 2.17. The molecule has 0 aliphatic heterocycles. The second-order valence-corrected chi connectivity index (χ2v) is 5.83. The summed E-state index contributed by atoms with van der Waals surface area (Å²) in [4.78, 5) is 2.38. The summed E-state index contributed by atoms with van der Waals surface area (Å²) in [5.74, 6) is 4.86. The van der Waals surface area contributed by atoms with Crippen molar-refractivity contribution in [1.29, 1.82) is 0 Å². The summed E-state index contributed by atoms with van der Waals surface area (Å²) in [6, 6.07) is 5.72. The molecule has 1 saturated carbocycles. The quantitative estimate of drug-likeness (QED) is 0.681. The Kier molecular flexibility index (Phi) is 6.22. The molecule has 1 aliphatic rings. The highest BCUT2D eigenvalue weighted by Crippen LogP contribution is 2.22. The molecule has 1 aliphatic carbocycles. The highest BCUT2D eigenvalue weighted by molar-refractivity contribution is 5.38. The van der Waals surface area contributed by atoms with Gasteiger partial charge in [-0.2, -0.15) is 0 Å². The van der Waals surface area contributed by atoms with E-state index >= 15 is 0 Å². The van der Waals surface area contributed by atoms with E-state index in [1.54, 1.807) is 6.07 Å². The van der Waals surface area contributed by atoms with Crippen LogP contribution in [0.4, 0.5) is 4.39 Å². The Balaban J connectivity index is 2.04. The maximum absolute atomic E-state index is 13.6. The van der Waals surface area contributed by atoms with Gasteiger partial charge in [0, 0.05) is 12.6 Å². The van der Waals surface area contributed by atoms with Gasteiger partial charge in [0.15, 0.2) is 0 Å². The molecule has 0 unspecified atom stereocenters. The first-order valence-corrected chi connectivity index (χ1v) is 7.79. The molecule has 114 valence electrons. The van der Waals surface area contributed by atoms with Gasteiger partial charge in [-0.05, 0) is 37.6 Å². The van der Waals surface area contributed by atoms with E-state index < -0.39 is 0 Å². The molecule has 1 aromatic carbocycles. The lowest BCUT2D eigenvalue weighted by Gasteiger charge is -2.27. The van der Waals surface area contributed by atoms with Crippen LogP contribution in [0.25, 0.3) is 0 Å². The summed E-state index contributed by atoms with van der Waals surface area (Å²) in [5, 5.41) is 8.73. The van der Waals surface area contributed by atoms with Crippen LogP contribution < -0.4 is 0 Å². The Labute approximate surface area is 127 Å². The number of nitrogens with zero attached hydrogens (tertiary/aromatic N) is 1. The van der Waals surface area contributed by atoms with Crippen molar-refractivity contribution in [2.45, 2.75) is 51.1 Å². The lowest BCUT2D eigenvalue weighted by atomic mass is 10.1. The van der Waals surface area contributed by atoms with Crippen molar-refractivity contribution in [3.05, 3.63) is 35.1 Å². The minimum atomic E-state index is -0.322. The smallest absolute Gasteiger partial charge is 0.138 e. The highest BCUT2D eigenvalue weighted by atomic mass is 19.1. The van der Waals surface area contributed by atoms with Gasteiger partial charge in [-0.15, -0.1) is 0 Å². The van der Waals surface area contributed by atoms with E-state index in [0.29, 0.717) is 11.6 Å². The van der Waals surface area contributed by atoms with Crippen LogP contribution >= 0.6 is 0 Å². The molecule has 0 saturated heterocycles. The molecule has 0 bridgehead atoms. The lowest BCUT2D eigenvalue weighted by molar-refractivity contribution is 0.213. The standard InChI is InChI=1S/C18H24FNO/c1-20(17-8-4-2-3-5-9-17)14-15-10-11-18(19)16(13-15)7-6-12-21/h10-11,13,17,21H,2-5,8-9,12,14H2,1H3. The first-order valence-electron chi connectivity index (χ1n) is 7.79. The number of aliphatic hydroxyl groups excluding tert-OH is 1. The molecule has 0 amide bonds. The summed E-state index contributed by atoms with van der Waals surface area (Å²) >= 11 is 0. The molecule has 21 heavy (non-hydrogen) atoms. The number of hydrogen-bond donors (Lipinski definition) is 1. The normalized spacial score (nSPS) is 16.4. The van der Waals surface area contributed by atoms with Gasteiger partial charge < -0.3 is 5.11 Å². The van der Waals surface area contributed by atoms with E-state index in [-0.39, 0.29) is 12.4 Å². The molecule has 2 nitrogen and oxygen atoms in total. The summed E-state index contributed by atoms with van der Waals surface area (Å²) in [6.45, 7) is 0.574. The Morgan fingerprint density at radius 2 is 1.95 bits per heavy atom. The topological polar surface area (TPSA) is 23.5 Å². The molecular weight excluding hydrogens is 265 g/mol. The first-order chi connectivity index (χ1) is 10.2. The predicted molar refractivity (Wildman–Crippen MR) is 83.3 cm³/mol. The Hall–Kier alpha value is -1.37. The predicted octanol–water partition coefficient (Wildman–Crippen LogP) is 3.32. The van der Waals surface area contributed by atoms with Crippen molar-refractivity contribution in [3.63, 3.8) is 0 Å². The van der Waals surface area contributed by atoms with Crippen LogP contribution in [-0.2, 0) is 6.54 Å². The third kappa shape index (κ3) is 4.84. The number of aliphatic hydroxyl groups is 1. The number of rotatable bonds is 3. The van der Waals surface area contributed by atoms with Crippen LogP contribution in [0.3, 0.4) is 0 Å². The summed E-state index contributed by atoms with van der Waals surface area (Å²) in [7, 11) is 2.15. The van der Waals surface area contributed by atoms with Crippen LogP contribution in [-0.4, -0.2) is 29.7 Å². The van der Waals surface area contributed by atoms with Crippen LogP contribution in [0.1, 0.15) is 49.7 Å². The second-order valence-electron chi connectivity index (χ2n) is 5.83. The maximum atomic E-state index is 13.6. The van der Waals surface area contributed by atoms with E-state index in [9.17, 15) is 4.39 Å². The Morgan fingerprint density at radius 3 is 2.62 bits per heavy atom. The molecule has 0 radical (unpaired) electrons. The van der Waals surface area contributed by atoms with Gasteiger partial charge in [-0.3, -0.25) is 4.90 Å². The maximum Gasteiger partial charge on any atom is 0.138 e. The zero-order chi connectivity index (χ0) is 15.1. The average Bonchev–Trinajstić information content (AvgIpc) is 2.77. The van der Waals surface area contributed by atoms with Crippen LogP contribution in [0.15, 0.2) is 18.2 Å². The molecular formula is C18H24FNO. The van der Waals surface area contributed by atoms with Crippen molar-refractivity contribution < 1.29 is 9.50 Å². The molecule has 0 atom stereocenters. The van der Waals surface area contributed by atoms with E-state index in [1.807, 2.05) is 6.07 Å². The van der Waals surface area contributed by atoms with Crippen LogP contribution in [0.5, 0.6) is 0 Å². The minimum Gasteiger partial charge on any atom is -0.384 e. The Bertz CT molecular complexity index is 510. The molecule has 0 spiro atoms. The van der Waals surface area contributed by atoms with Crippen LogP contribution in [0, 0.1) is 17.7 Å². The van der Waals surface area contributed by atoms with E-state index in [0.717, 1.165) is 12.1 Å². The van der Waals surface area contributed by atoms with Crippen molar-refractivity contribution in [1.82, 2.24) is 4.90 Å². The zero-order valence-corrected chi connectivity index (χ0v) is 12.7. The average molecular weight is 289 g/mol.